The molecule has 0 bridgehead atoms. The third kappa shape index (κ3) is 3.65. The predicted molar refractivity (Wildman–Crippen MR) is 95.7 cm³/mol. The van der Waals surface area contributed by atoms with Crippen LogP contribution in [0.5, 0.6) is 0 Å². The summed E-state index contributed by atoms with van der Waals surface area (Å²) < 4.78 is 0. The lowest BCUT2D eigenvalue weighted by molar-refractivity contribution is 0.0746. The number of benzene rings is 1. The number of amides is 1. The van der Waals surface area contributed by atoms with E-state index in [-0.39, 0.29) is 5.91 Å². The first-order chi connectivity index (χ1) is 11.7. The summed E-state index contributed by atoms with van der Waals surface area (Å²) in [6.07, 6.45) is 4.13. The largest absolute Gasteiger partial charge is 0.333 e. The number of rotatable bonds is 5. The molecule has 4 heteroatoms. The van der Waals surface area contributed by atoms with Crippen molar-refractivity contribution in [3.05, 3.63) is 65.5 Å². The average molecular weight is 323 g/mol. The Kier molecular flexibility index (Phi) is 5.26. The van der Waals surface area contributed by atoms with E-state index in [1.54, 1.807) is 6.20 Å². The van der Waals surface area contributed by atoms with Crippen LogP contribution in [0.3, 0.4) is 0 Å². The summed E-state index contributed by atoms with van der Waals surface area (Å²) in [5.41, 5.74) is 2.88. The molecule has 4 nitrogen and oxygen atoms in total. The standard InChI is InChI=1S/C20H25N3O/c1-3-23(15-16-8-5-4-6-9-16)20(24)18-14-17(11-12-21-18)19-10-7-13-22(19)2/h4-6,8-9,11-12,14,19H,3,7,10,13,15H2,1-2H3/t19-/m0/s1. The van der Waals surface area contributed by atoms with Gasteiger partial charge in [-0.2, -0.15) is 0 Å². The van der Waals surface area contributed by atoms with Gasteiger partial charge in [0.2, 0.25) is 0 Å². The highest BCUT2D eigenvalue weighted by Gasteiger charge is 2.24. The van der Waals surface area contributed by atoms with Crippen molar-refractivity contribution in [2.45, 2.75) is 32.4 Å². The number of carbonyl (C=O) groups excluding carboxylic acids is 1. The molecule has 1 saturated heterocycles. The van der Waals surface area contributed by atoms with Crippen LogP contribution in [0, 0.1) is 0 Å². The topological polar surface area (TPSA) is 36.4 Å². The first-order valence-electron chi connectivity index (χ1n) is 8.68. The molecule has 1 aliphatic rings. The minimum atomic E-state index is 0.00357. The molecule has 0 aliphatic carbocycles. The summed E-state index contributed by atoms with van der Waals surface area (Å²) in [7, 11) is 2.15. The molecular formula is C20H25N3O. The van der Waals surface area contributed by atoms with Crippen LogP contribution in [0.15, 0.2) is 48.7 Å². The van der Waals surface area contributed by atoms with E-state index in [0.717, 1.165) is 18.5 Å². The van der Waals surface area contributed by atoms with Crippen molar-refractivity contribution in [3.63, 3.8) is 0 Å². The molecule has 0 unspecified atom stereocenters. The van der Waals surface area contributed by atoms with Crippen LogP contribution >= 0.6 is 0 Å². The van der Waals surface area contributed by atoms with Crippen molar-refractivity contribution in [2.75, 3.05) is 20.1 Å². The van der Waals surface area contributed by atoms with E-state index in [9.17, 15) is 4.79 Å². The molecule has 0 radical (unpaired) electrons. The van der Waals surface area contributed by atoms with Crippen molar-refractivity contribution >= 4 is 5.91 Å². The number of nitrogens with zero attached hydrogens (tertiary/aromatic N) is 3. The van der Waals surface area contributed by atoms with E-state index in [4.69, 9.17) is 0 Å². The van der Waals surface area contributed by atoms with Crippen LogP contribution in [-0.2, 0) is 6.54 Å². The van der Waals surface area contributed by atoms with E-state index in [0.29, 0.717) is 24.8 Å². The fraction of sp³-hybridized carbons (Fsp3) is 0.400. The smallest absolute Gasteiger partial charge is 0.272 e. The van der Waals surface area contributed by atoms with Gasteiger partial charge in [0.05, 0.1) is 0 Å². The van der Waals surface area contributed by atoms with Gasteiger partial charge in [-0.3, -0.25) is 14.7 Å². The molecule has 1 aromatic carbocycles. The molecular weight excluding hydrogens is 298 g/mol. The summed E-state index contributed by atoms with van der Waals surface area (Å²) in [6.45, 7) is 4.41. The normalized spacial score (nSPS) is 17.8. The first kappa shape index (κ1) is 16.7. The number of carbonyl (C=O) groups is 1. The summed E-state index contributed by atoms with van der Waals surface area (Å²) in [5, 5.41) is 0. The van der Waals surface area contributed by atoms with Gasteiger partial charge in [-0.05, 0) is 56.6 Å². The molecule has 2 heterocycles. The maximum Gasteiger partial charge on any atom is 0.272 e. The van der Waals surface area contributed by atoms with Gasteiger partial charge in [0.25, 0.3) is 5.91 Å². The number of hydrogen-bond acceptors (Lipinski definition) is 3. The Labute approximate surface area is 144 Å². The minimum Gasteiger partial charge on any atom is -0.333 e. The van der Waals surface area contributed by atoms with E-state index in [2.05, 4.69) is 16.9 Å². The lowest BCUT2D eigenvalue weighted by atomic mass is 10.0. The van der Waals surface area contributed by atoms with Crippen LogP contribution in [0.2, 0.25) is 0 Å². The molecule has 24 heavy (non-hydrogen) atoms. The maximum atomic E-state index is 12.9. The first-order valence-corrected chi connectivity index (χ1v) is 8.68. The highest BCUT2D eigenvalue weighted by atomic mass is 16.2. The average Bonchev–Trinajstić information content (AvgIpc) is 3.06. The highest BCUT2D eigenvalue weighted by Crippen LogP contribution is 2.30. The van der Waals surface area contributed by atoms with E-state index in [1.165, 1.54) is 12.0 Å². The summed E-state index contributed by atoms with van der Waals surface area (Å²) >= 11 is 0. The second-order valence-electron chi connectivity index (χ2n) is 6.42. The van der Waals surface area contributed by atoms with E-state index < -0.39 is 0 Å². The Morgan fingerprint density at radius 2 is 2.08 bits per heavy atom. The van der Waals surface area contributed by atoms with E-state index in [1.807, 2.05) is 54.3 Å². The van der Waals surface area contributed by atoms with Gasteiger partial charge < -0.3 is 4.90 Å². The van der Waals surface area contributed by atoms with Gasteiger partial charge in [0, 0.05) is 25.3 Å². The Morgan fingerprint density at radius 3 is 2.75 bits per heavy atom. The zero-order valence-corrected chi connectivity index (χ0v) is 14.5. The number of pyridine rings is 1. The Bertz CT molecular complexity index is 686. The molecule has 0 saturated carbocycles. The van der Waals surface area contributed by atoms with Crippen LogP contribution in [0.4, 0.5) is 0 Å². The molecule has 0 spiro atoms. The minimum absolute atomic E-state index is 0.00357. The van der Waals surface area contributed by atoms with Gasteiger partial charge in [-0.25, -0.2) is 0 Å². The van der Waals surface area contributed by atoms with Crippen molar-refractivity contribution < 1.29 is 4.79 Å². The molecule has 1 atom stereocenters. The molecule has 1 aliphatic heterocycles. The van der Waals surface area contributed by atoms with Crippen LogP contribution in [0.1, 0.15) is 47.4 Å². The lowest BCUT2D eigenvalue weighted by Crippen LogP contribution is -2.31. The van der Waals surface area contributed by atoms with Crippen molar-refractivity contribution in [1.29, 1.82) is 0 Å². The Morgan fingerprint density at radius 1 is 1.29 bits per heavy atom. The fourth-order valence-corrected chi connectivity index (χ4v) is 3.40. The third-order valence-electron chi connectivity index (χ3n) is 4.79. The zero-order chi connectivity index (χ0) is 16.9. The van der Waals surface area contributed by atoms with Crippen LogP contribution in [0.25, 0.3) is 0 Å². The molecule has 1 aromatic heterocycles. The molecule has 3 rings (SSSR count). The van der Waals surface area contributed by atoms with Crippen LogP contribution < -0.4 is 0 Å². The summed E-state index contributed by atoms with van der Waals surface area (Å²) in [4.78, 5) is 21.4. The van der Waals surface area contributed by atoms with Gasteiger partial charge in [0.15, 0.2) is 0 Å². The van der Waals surface area contributed by atoms with Gasteiger partial charge in [-0.1, -0.05) is 30.3 Å². The van der Waals surface area contributed by atoms with Gasteiger partial charge >= 0.3 is 0 Å². The van der Waals surface area contributed by atoms with Gasteiger partial charge in [0.1, 0.15) is 5.69 Å². The molecule has 1 fully saturated rings. The number of likely N-dealkylation sites (tertiary alicyclic amines) is 1. The van der Waals surface area contributed by atoms with Crippen molar-refractivity contribution in [1.82, 2.24) is 14.8 Å². The predicted octanol–water partition coefficient (Wildman–Crippen LogP) is 3.51. The third-order valence-corrected chi connectivity index (χ3v) is 4.79. The molecule has 2 aromatic rings. The molecule has 126 valence electrons. The highest BCUT2D eigenvalue weighted by molar-refractivity contribution is 5.92. The Balaban J connectivity index is 1.78. The van der Waals surface area contributed by atoms with Crippen molar-refractivity contribution in [3.8, 4) is 0 Å². The van der Waals surface area contributed by atoms with Crippen LogP contribution in [-0.4, -0.2) is 40.8 Å². The summed E-state index contributed by atoms with van der Waals surface area (Å²) in [6, 6.07) is 14.5. The Hall–Kier alpha value is -2.20. The second kappa shape index (κ2) is 7.58. The monoisotopic (exact) mass is 323 g/mol. The lowest BCUT2D eigenvalue weighted by Gasteiger charge is -2.23. The quantitative estimate of drug-likeness (QED) is 0.845. The van der Waals surface area contributed by atoms with E-state index >= 15 is 0 Å². The maximum absolute atomic E-state index is 12.9. The second-order valence-corrected chi connectivity index (χ2v) is 6.42. The SMILES string of the molecule is CCN(Cc1ccccc1)C(=O)c1cc([C@@H]2CCCN2C)ccn1. The molecule has 1 amide bonds. The molecule has 0 N–H and O–H groups in total. The number of aromatic nitrogens is 1. The zero-order valence-electron chi connectivity index (χ0n) is 14.5. The fourth-order valence-electron chi connectivity index (χ4n) is 3.40. The number of hydrogen-bond donors (Lipinski definition) is 0. The van der Waals surface area contributed by atoms with Crippen molar-refractivity contribution in [2.24, 2.45) is 0 Å². The van der Waals surface area contributed by atoms with Gasteiger partial charge in [-0.15, -0.1) is 0 Å². The summed E-state index contributed by atoms with van der Waals surface area (Å²) in [5.74, 6) is 0.00357.